The van der Waals surface area contributed by atoms with E-state index in [0.29, 0.717) is 42.3 Å². The largest absolute Gasteiger partial charge is 0.508 e. The Hall–Kier alpha value is -4.66. The first-order valence-electron chi connectivity index (χ1n) is 22.3. The number of hydrogen-bond acceptors (Lipinski definition) is 11. The highest BCUT2D eigenvalue weighted by Gasteiger charge is 2.45. The fourth-order valence-corrected chi connectivity index (χ4v) is 8.42. The number of nitrogens with zero attached hydrogens (tertiary/aromatic N) is 2. The normalized spacial score (nSPS) is 21.1. The van der Waals surface area contributed by atoms with Crippen LogP contribution in [0, 0.1) is 47.1 Å². The summed E-state index contributed by atoms with van der Waals surface area (Å²) in [4.78, 5) is 49.9. The van der Waals surface area contributed by atoms with Crippen LogP contribution in [0.25, 0.3) is 0 Å². The summed E-state index contributed by atoms with van der Waals surface area (Å²) in [5, 5.41) is 17.8. The molecule has 6 rings (SSSR count). The lowest BCUT2D eigenvalue weighted by molar-refractivity contribution is -0.140. The molecule has 2 saturated heterocycles. The molecule has 2 saturated carbocycles. The highest BCUT2D eigenvalue weighted by Crippen LogP contribution is 2.50. The molecule has 0 aromatic heterocycles. The molecule has 4 fully saturated rings. The minimum Gasteiger partial charge on any atom is -0.508 e. The Labute approximate surface area is 371 Å². The molecule has 4 atom stereocenters. The van der Waals surface area contributed by atoms with Crippen LogP contribution in [0.2, 0.25) is 0 Å². The maximum Gasteiger partial charge on any atom is 0.410 e. The number of phenolic OH excluding ortho intramolecular Hbond substituents is 1. The summed E-state index contributed by atoms with van der Waals surface area (Å²) >= 11 is 0. The van der Waals surface area contributed by atoms with Gasteiger partial charge in [-0.25, -0.2) is 18.4 Å². The zero-order valence-corrected chi connectivity index (χ0v) is 38.5. The van der Waals surface area contributed by atoms with Crippen LogP contribution < -0.4 is 4.74 Å². The summed E-state index contributed by atoms with van der Waals surface area (Å²) in [6.45, 7) is 15.4. The van der Waals surface area contributed by atoms with Gasteiger partial charge in [0.1, 0.15) is 34.3 Å². The number of phenols is 1. The summed E-state index contributed by atoms with van der Waals surface area (Å²) in [6, 6.07) is 8.22. The maximum absolute atomic E-state index is 14.1. The summed E-state index contributed by atoms with van der Waals surface area (Å²) in [5.74, 6) is 2.55. The van der Waals surface area contributed by atoms with Crippen LogP contribution in [0.4, 0.5) is 18.4 Å². The number of carbonyl (C=O) groups excluding carboxylic acids is 4. The minimum atomic E-state index is -0.606. The van der Waals surface area contributed by atoms with Crippen molar-refractivity contribution < 1.29 is 61.9 Å². The predicted molar refractivity (Wildman–Crippen MR) is 232 cm³/mol. The third-order valence-corrected chi connectivity index (χ3v) is 12.0. The minimum absolute atomic E-state index is 0.0842. The molecular formula is C48H70F2N2O11. The van der Waals surface area contributed by atoms with Crippen molar-refractivity contribution in [1.82, 2.24) is 9.80 Å². The van der Waals surface area contributed by atoms with E-state index >= 15 is 0 Å². The van der Waals surface area contributed by atoms with Crippen molar-refractivity contribution in [1.29, 1.82) is 0 Å². The number of piperidine rings is 2. The molecule has 2 amide bonds. The van der Waals surface area contributed by atoms with Crippen LogP contribution >= 0.6 is 0 Å². The monoisotopic (exact) mass is 888 g/mol. The van der Waals surface area contributed by atoms with Gasteiger partial charge in [0.2, 0.25) is 0 Å². The zero-order chi connectivity index (χ0) is 46.5. The third kappa shape index (κ3) is 17.4. The van der Waals surface area contributed by atoms with Crippen molar-refractivity contribution in [2.45, 2.75) is 117 Å². The second-order valence-corrected chi connectivity index (χ2v) is 19.1. The smallest absolute Gasteiger partial charge is 0.410 e. The van der Waals surface area contributed by atoms with Gasteiger partial charge in [-0.3, -0.25) is 9.59 Å². The Morgan fingerprint density at radius 2 is 1.10 bits per heavy atom. The van der Waals surface area contributed by atoms with E-state index in [9.17, 15) is 28.0 Å². The molecular weight excluding hydrogens is 819 g/mol. The molecule has 13 nitrogen and oxygen atoms in total. The molecule has 2 aliphatic heterocycles. The van der Waals surface area contributed by atoms with E-state index in [4.69, 9.17) is 24.4 Å². The standard InChI is InChI=1S/C24H34FNO5.C15H27NO3.C9H9FO3/c1-24(2,3)31-23(28)26-10-7-16(8-11-26)20-13-17(20)9-12-30-19-6-5-18(21(25)15-19)14-22(27)29-4;1-15(2,3)19-14(18)16-7-4-11(5-8-16)13-10-12(13)6-9-17;1-13-9(12)4-6-2-3-7(11)5-8(6)10/h5-6,15-17,20H,7-14H2,1-4H3;11-13,17H,4-10H2,1-3H3;2-3,5,11H,4H2,1H3/t17-,20-;12-,13-;/m11./s1. The second-order valence-electron chi connectivity index (χ2n) is 19.1. The van der Waals surface area contributed by atoms with Gasteiger partial charge in [-0.1, -0.05) is 12.1 Å². The highest BCUT2D eigenvalue weighted by molar-refractivity contribution is 5.73. The van der Waals surface area contributed by atoms with Crippen LogP contribution in [-0.2, 0) is 41.4 Å². The molecule has 0 spiro atoms. The molecule has 15 heteroatoms. The fourth-order valence-electron chi connectivity index (χ4n) is 8.42. The van der Waals surface area contributed by atoms with Gasteiger partial charge >= 0.3 is 24.1 Å². The molecule has 0 radical (unpaired) electrons. The molecule has 63 heavy (non-hydrogen) atoms. The first kappa shape index (κ1) is 51.0. The van der Waals surface area contributed by atoms with E-state index in [2.05, 4.69) is 9.47 Å². The maximum atomic E-state index is 14.1. The molecule has 2 heterocycles. The first-order chi connectivity index (χ1) is 29.7. The second kappa shape index (κ2) is 23.3. The van der Waals surface area contributed by atoms with Gasteiger partial charge in [-0.05, 0) is 152 Å². The van der Waals surface area contributed by atoms with E-state index in [1.165, 1.54) is 45.3 Å². The number of methoxy groups -OCH3 is 2. The summed E-state index contributed by atoms with van der Waals surface area (Å²) < 4.78 is 52.6. The Bertz CT molecular complexity index is 1810. The average Bonchev–Trinajstić information content (AvgIpc) is 4.16. The molecule has 4 aliphatic rings. The Kier molecular flexibility index (Phi) is 18.9. The van der Waals surface area contributed by atoms with Gasteiger partial charge < -0.3 is 43.7 Å². The molecule has 2 aromatic rings. The lowest BCUT2D eigenvalue weighted by Crippen LogP contribution is -2.42. The van der Waals surface area contributed by atoms with Crippen molar-refractivity contribution in [3.63, 3.8) is 0 Å². The summed E-state index contributed by atoms with van der Waals surface area (Å²) in [6.07, 6.45) is 8.01. The quantitative estimate of drug-likeness (QED) is 0.155. The topological polar surface area (TPSA) is 161 Å². The molecule has 352 valence electrons. The van der Waals surface area contributed by atoms with E-state index in [1.807, 2.05) is 51.3 Å². The fraction of sp³-hybridized carbons (Fsp3) is 0.667. The van der Waals surface area contributed by atoms with Crippen molar-refractivity contribution in [3.8, 4) is 11.5 Å². The number of ether oxygens (including phenoxy) is 5. The molecule has 2 aliphatic carbocycles. The van der Waals surface area contributed by atoms with E-state index in [1.54, 1.807) is 12.1 Å². The van der Waals surface area contributed by atoms with Crippen LogP contribution in [-0.4, -0.2) is 109 Å². The number of aromatic hydroxyl groups is 1. The molecule has 2 N–H and O–H groups in total. The zero-order valence-electron chi connectivity index (χ0n) is 38.5. The molecule has 0 bridgehead atoms. The van der Waals surface area contributed by atoms with Crippen LogP contribution in [0.1, 0.15) is 104 Å². The van der Waals surface area contributed by atoms with Gasteiger partial charge in [-0.2, -0.15) is 0 Å². The van der Waals surface area contributed by atoms with Gasteiger partial charge in [0, 0.05) is 44.9 Å². The van der Waals surface area contributed by atoms with Gasteiger partial charge in [-0.15, -0.1) is 0 Å². The predicted octanol–water partition coefficient (Wildman–Crippen LogP) is 8.49. The van der Waals surface area contributed by atoms with Gasteiger partial charge in [0.15, 0.2) is 0 Å². The number of aliphatic hydroxyl groups is 1. The SMILES string of the molecule is CC(C)(C)OC(=O)N1CCC([C@H]2C[C@H]2CCO)CC1.COC(=O)Cc1ccc(O)cc1F.COC(=O)Cc1ccc(OCC[C@@H]2C[C@@H]2C2CCN(C(=O)OC(C)(C)C)CC2)cc1F. The number of halogens is 2. The van der Waals surface area contributed by atoms with Crippen LogP contribution in [0.15, 0.2) is 36.4 Å². The van der Waals surface area contributed by atoms with Crippen molar-refractivity contribution >= 4 is 24.1 Å². The summed E-state index contributed by atoms with van der Waals surface area (Å²) in [7, 11) is 2.52. The van der Waals surface area contributed by atoms with Gasteiger partial charge in [0.05, 0.1) is 33.7 Å². The number of rotatable bonds is 12. The molecule has 2 aromatic carbocycles. The first-order valence-corrected chi connectivity index (χ1v) is 22.3. The lowest BCUT2D eigenvalue weighted by Gasteiger charge is -2.33. The van der Waals surface area contributed by atoms with Gasteiger partial charge in [0.25, 0.3) is 0 Å². The number of aliphatic hydroxyl groups excluding tert-OH is 1. The number of carbonyl (C=O) groups is 4. The van der Waals surface area contributed by atoms with E-state index < -0.39 is 34.8 Å². The Balaban J connectivity index is 0.000000230. The number of likely N-dealkylation sites (tertiary alicyclic amines) is 2. The number of esters is 2. The number of hydrogen-bond donors (Lipinski definition) is 2. The highest BCUT2D eigenvalue weighted by atomic mass is 19.1. The van der Waals surface area contributed by atoms with E-state index in [-0.39, 0.29) is 36.3 Å². The van der Waals surface area contributed by atoms with Crippen molar-refractivity contribution in [2.75, 3.05) is 53.6 Å². The van der Waals surface area contributed by atoms with Crippen LogP contribution in [0.3, 0.4) is 0 Å². The number of benzene rings is 2. The lowest BCUT2D eigenvalue weighted by atomic mass is 9.90. The number of amides is 2. The average molecular weight is 889 g/mol. The Morgan fingerprint density at radius 3 is 1.49 bits per heavy atom. The van der Waals surface area contributed by atoms with E-state index in [0.717, 1.165) is 88.5 Å². The third-order valence-electron chi connectivity index (χ3n) is 12.0. The van der Waals surface area contributed by atoms with Crippen LogP contribution in [0.5, 0.6) is 11.5 Å². The van der Waals surface area contributed by atoms with Crippen molar-refractivity contribution in [3.05, 3.63) is 59.2 Å². The Morgan fingerprint density at radius 1 is 0.667 bits per heavy atom. The van der Waals surface area contributed by atoms with Crippen molar-refractivity contribution in [2.24, 2.45) is 35.5 Å². The molecule has 0 unspecified atom stereocenters. The summed E-state index contributed by atoms with van der Waals surface area (Å²) in [5.41, 5.74) is -0.347.